The Morgan fingerprint density at radius 1 is 1.18 bits per heavy atom. The van der Waals surface area contributed by atoms with E-state index in [0.29, 0.717) is 29.6 Å². The van der Waals surface area contributed by atoms with E-state index in [4.69, 9.17) is 0 Å². The molecule has 9 nitrogen and oxygen atoms in total. The van der Waals surface area contributed by atoms with Crippen LogP contribution in [0.3, 0.4) is 0 Å². The van der Waals surface area contributed by atoms with Gasteiger partial charge in [-0.3, -0.25) is 19.5 Å². The van der Waals surface area contributed by atoms with Gasteiger partial charge in [0.15, 0.2) is 15.6 Å². The zero-order valence-electron chi connectivity index (χ0n) is 22.1. The highest BCUT2D eigenvalue weighted by molar-refractivity contribution is 7.94. The lowest BCUT2D eigenvalue weighted by Gasteiger charge is -2.25. The van der Waals surface area contributed by atoms with Gasteiger partial charge < -0.3 is 9.88 Å². The van der Waals surface area contributed by atoms with E-state index < -0.39 is 9.84 Å². The molecule has 2 aromatic heterocycles. The van der Waals surface area contributed by atoms with E-state index >= 15 is 0 Å². The lowest BCUT2D eigenvalue weighted by atomic mass is 10.1. The number of nitrogens with one attached hydrogen (secondary N) is 1. The number of hydrogen-bond donors (Lipinski definition) is 1. The number of aromatic nitrogens is 2. The fourth-order valence-corrected chi connectivity index (χ4v) is 5.53. The molecule has 10 heteroatoms. The molecule has 1 aliphatic rings. The summed E-state index contributed by atoms with van der Waals surface area (Å²) in [5, 5.41) is 12.7. The summed E-state index contributed by atoms with van der Waals surface area (Å²) >= 11 is 0. The molecule has 0 radical (unpaired) electrons. The SMILES string of the molecule is C=CS(=O)(=O)CCNC(=O)CCc1cnc2c(C(=O)CN3CCCCC3)c(C)n(-c3ccc(C#N)cc3)c2c1. The van der Waals surface area contributed by atoms with Crippen LogP contribution in [0, 0.1) is 18.3 Å². The van der Waals surface area contributed by atoms with Gasteiger partial charge in [0.05, 0.1) is 40.5 Å². The number of pyridine rings is 1. The number of likely N-dealkylation sites (tertiary alicyclic amines) is 1. The minimum atomic E-state index is -3.37. The van der Waals surface area contributed by atoms with Crippen LogP contribution in [0.2, 0.25) is 0 Å². The summed E-state index contributed by atoms with van der Waals surface area (Å²) in [6.07, 6.45) is 5.64. The fraction of sp³-hybridized carbons (Fsp3) is 0.379. The van der Waals surface area contributed by atoms with Crippen LogP contribution in [0.15, 0.2) is 48.5 Å². The highest BCUT2D eigenvalue weighted by Crippen LogP contribution is 2.30. The molecule has 0 atom stereocenters. The number of sulfone groups is 1. The maximum atomic E-state index is 13.5. The first-order valence-corrected chi connectivity index (χ1v) is 14.8. The minimum absolute atomic E-state index is 0.0215. The van der Waals surface area contributed by atoms with Crippen molar-refractivity contribution in [3.8, 4) is 11.8 Å². The first-order chi connectivity index (χ1) is 18.7. The van der Waals surface area contributed by atoms with Gasteiger partial charge in [0.1, 0.15) is 0 Å². The first-order valence-electron chi connectivity index (χ1n) is 13.1. The number of fused-ring (bicyclic) bond motifs is 1. The van der Waals surface area contributed by atoms with Crippen molar-refractivity contribution in [1.82, 2.24) is 19.8 Å². The lowest BCUT2D eigenvalue weighted by Crippen LogP contribution is -2.34. The quantitative estimate of drug-likeness (QED) is 0.364. The number of nitrogens with zero attached hydrogens (tertiary/aromatic N) is 4. The Balaban J connectivity index is 1.61. The molecule has 0 spiro atoms. The lowest BCUT2D eigenvalue weighted by molar-refractivity contribution is -0.120. The Bertz CT molecular complexity index is 1530. The number of carbonyl (C=O) groups excluding carboxylic acids is 2. The van der Waals surface area contributed by atoms with Crippen LogP contribution in [0.5, 0.6) is 0 Å². The van der Waals surface area contributed by atoms with Crippen LogP contribution in [0.4, 0.5) is 0 Å². The van der Waals surface area contributed by atoms with Gasteiger partial charge in [-0.1, -0.05) is 13.0 Å². The Morgan fingerprint density at radius 3 is 2.56 bits per heavy atom. The highest BCUT2D eigenvalue weighted by atomic mass is 32.2. The number of aryl methyl sites for hydroxylation is 1. The van der Waals surface area contributed by atoms with Crippen molar-refractivity contribution in [3.05, 3.63) is 70.9 Å². The Kier molecular flexibility index (Phi) is 8.94. The summed E-state index contributed by atoms with van der Waals surface area (Å²) in [5.41, 5.74) is 4.92. The first kappa shape index (κ1) is 28.2. The molecule has 1 fully saturated rings. The number of nitriles is 1. The average Bonchev–Trinajstić information content (AvgIpc) is 3.23. The van der Waals surface area contributed by atoms with Gasteiger partial charge in [0.2, 0.25) is 5.91 Å². The molecule has 1 amide bonds. The van der Waals surface area contributed by atoms with Gasteiger partial charge in [0.25, 0.3) is 0 Å². The second kappa shape index (κ2) is 12.4. The molecule has 0 saturated carbocycles. The topological polar surface area (TPSA) is 125 Å². The summed E-state index contributed by atoms with van der Waals surface area (Å²) in [6.45, 7) is 7.38. The smallest absolute Gasteiger partial charge is 0.220 e. The Hall–Kier alpha value is -3.81. The number of piperidine rings is 1. The molecule has 0 unspecified atom stereocenters. The number of carbonyl (C=O) groups is 2. The number of ketones is 1. The molecule has 1 N–H and O–H groups in total. The molecule has 39 heavy (non-hydrogen) atoms. The van der Waals surface area contributed by atoms with Crippen molar-refractivity contribution < 1.29 is 18.0 Å². The van der Waals surface area contributed by atoms with Crippen molar-refractivity contribution in [2.45, 2.75) is 39.0 Å². The molecular formula is C29H33N5O4S. The maximum absolute atomic E-state index is 13.5. The molecule has 1 aromatic carbocycles. The molecular weight excluding hydrogens is 514 g/mol. The number of rotatable bonds is 11. The van der Waals surface area contributed by atoms with Crippen LogP contribution >= 0.6 is 0 Å². The number of hydrogen-bond acceptors (Lipinski definition) is 7. The largest absolute Gasteiger partial charge is 0.355 e. The molecule has 3 heterocycles. The van der Waals surface area contributed by atoms with Crippen LogP contribution < -0.4 is 5.32 Å². The summed E-state index contributed by atoms with van der Waals surface area (Å²) < 4.78 is 25.1. The van der Waals surface area contributed by atoms with E-state index in [-0.39, 0.29) is 30.4 Å². The zero-order valence-corrected chi connectivity index (χ0v) is 23.0. The van der Waals surface area contributed by atoms with E-state index in [9.17, 15) is 23.3 Å². The Labute approximate surface area is 229 Å². The third kappa shape index (κ3) is 6.80. The van der Waals surface area contributed by atoms with Gasteiger partial charge in [-0.25, -0.2) is 8.42 Å². The average molecular weight is 548 g/mol. The monoisotopic (exact) mass is 547 g/mol. The Morgan fingerprint density at radius 2 is 1.90 bits per heavy atom. The second-order valence-corrected chi connectivity index (χ2v) is 11.9. The van der Waals surface area contributed by atoms with Crippen molar-refractivity contribution in [2.75, 3.05) is 31.9 Å². The third-order valence-corrected chi connectivity index (χ3v) is 8.33. The van der Waals surface area contributed by atoms with Gasteiger partial charge in [-0.2, -0.15) is 5.26 Å². The van der Waals surface area contributed by atoms with Crippen LogP contribution in [0.1, 0.15) is 52.9 Å². The summed E-state index contributed by atoms with van der Waals surface area (Å²) in [7, 11) is -3.37. The summed E-state index contributed by atoms with van der Waals surface area (Å²) in [6, 6.07) is 11.3. The number of benzene rings is 1. The molecule has 0 bridgehead atoms. The molecule has 204 valence electrons. The van der Waals surface area contributed by atoms with Gasteiger partial charge in [0, 0.05) is 36.0 Å². The summed E-state index contributed by atoms with van der Waals surface area (Å²) in [4.78, 5) is 32.7. The van der Waals surface area contributed by atoms with Crippen LogP contribution in [-0.4, -0.2) is 66.5 Å². The van der Waals surface area contributed by atoms with E-state index in [1.807, 2.05) is 29.7 Å². The zero-order chi connectivity index (χ0) is 28.0. The normalized spacial score (nSPS) is 14.2. The standard InChI is InChI=1S/C29H33N5O4S/c1-3-39(37,38)16-13-31-27(36)12-9-23-17-25-29(32-19-23)28(26(35)20-33-14-5-4-6-15-33)21(2)34(25)24-10-7-22(18-30)8-11-24/h3,7-8,10-11,17,19H,1,4-6,9,12-16,20H2,2H3,(H,31,36). The van der Waals surface area contributed by atoms with E-state index in [1.54, 1.807) is 18.3 Å². The van der Waals surface area contributed by atoms with E-state index in [1.165, 1.54) is 6.42 Å². The second-order valence-electron chi connectivity index (χ2n) is 9.81. The van der Waals surface area contributed by atoms with Gasteiger partial charge in [-0.15, -0.1) is 0 Å². The highest BCUT2D eigenvalue weighted by Gasteiger charge is 2.24. The number of amides is 1. The van der Waals surface area contributed by atoms with Crippen molar-refractivity contribution in [1.29, 1.82) is 5.26 Å². The predicted octanol–water partition coefficient (Wildman–Crippen LogP) is 3.48. The third-order valence-electron chi connectivity index (χ3n) is 7.05. The summed E-state index contributed by atoms with van der Waals surface area (Å²) in [5.74, 6) is -0.423. The van der Waals surface area contributed by atoms with Crippen LogP contribution in [-0.2, 0) is 21.1 Å². The number of Topliss-reactive ketones (excluding diaryl/α,β-unsaturated/α-hetero) is 1. The predicted molar refractivity (Wildman–Crippen MR) is 150 cm³/mol. The van der Waals surface area contributed by atoms with Crippen molar-refractivity contribution >= 4 is 32.6 Å². The van der Waals surface area contributed by atoms with E-state index in [2.05, 4.69) is 27.8 Å². The molecule has 0 aliphatic carbocycles. The van der Waals surface area contributed by atoms with Crippen molar-refractivity contribution in [3.63, 3.8) is 0 Å². The maximum Gasteiger partial charge on any atom is 0.220 e. The van der Waals surface area contributed by atoms with Crippen LogP contribution in [0.25, 0.3) is 16.7 Å². The van der Waals surface area contributed by atoms with Gasteiger partial charge >= 0.3 is 0 Å². The fourth-order valence-electron chi connectivity index (χ4n) is 4.97. The molecule has 1 saturated heterocycles. The molecule has 3 aromatic rings. The van der Waals surface area contributed by atoms with Gasteiger partial charge in [-0.05, 0) is 75.2 Å². The van der Waals surface area contributed by atoms with E-state index in [0.717, 1.165) is 53.8 Å². The van der Waals surface area contributed by atoms with Crippen molar-refractivity contribution in [2.24, 2.45) is 0 Å². The minimum Gasteiger partial charge on any atom is -0.355 e. The molecule has 1 aliphatic heterocycles. The molecule has 4 rings (SSSR count).